The standard InChI is InChI=1S/C11H9Cl2F3O2/c12-6-1-2-9(13)8(3-6)10(11(14,15)16)18-5-7-4-17-7/h1-3,7,10H,4-5H2. The van der Waals surface area contributed by atoms with E-state index in [1.54, 1.807) is 0 Å². The summed E-state index contributed by atoms with van der Waals surface area (Å²) in [4.78, 5) is 0. The molecule has 100 valence electrons. The van der Waals surface area contributed by atoms with Crippen LogP contribution < -0.4 is 0 Å². The van der Waals surface area contributed by atoms with E-state index in [1.165, 1.54) is 12.1 Å². The molecular formula is C11H9Cl2F3O2. The predicted molar refractivity (Wildman–Crippen MR) is 61.0 cm³/mol. The Labute approximate surface area is 112 Å². The van der Waals surface area contributed by atoms with Gasteiger partial charge in [0.15, 0.2) is 6.10 Å². The predicted octanol–water partition coefficient (Wildman–Crippen LogP) is 4.01. The summed E-state index contributed by atoms with van der Waals surface area (Å²) in [6.45, 7) is 0.306. The summed E-state index contributed by atoms with van der Waals surface area (Å²) in [7, 11) is 0. The third-order valence-corrected chi connectivity index (χ3v) is 2.97. The summed E-state index contributed by atoms with van der Waals surface area (Å²) >= 11 is 11.4. The van der Waals surface area contributed by atoms with Gasteiger partial charge in [-0.15, -0.1) is 0 Å². The van der Waals surface area contributed by atoms with E-state index in [1.807, 2.05) is 0 Å². The van der Waals surface area contributed by atoms with Crippen LogP contribution in [0.4, 0.5) is 13.2 Å². The van der Waals surface area contributed by atoms with Gasteiger partial charge in [0.1, 0.15) is 6.10 Å². The number of rotatable bonds is 4. The van der Waals surface area contributed by atoms with Crippen LogP contribution in [0.25, 0.3) is 0 Å². The Morgan fingerprint density at radius 2 is 2.06 bits per heavy atom. The van der Waals surface area contributed by atoms with Crippen molar-refractivity contribution in [2.24, 2.45) is 0 Å². The van der Waals surface area contributed by atoms with Crippen LogP contribution in [-0.4, -0.2) is 25.5 Å². The smallest absolute Gasteiger partial charge is 0.371 e. The van der Waals surface area contributed by atoms with Crippen molar-refractivity contribution in [3.8, 4) is 0 Å². The summed E-state index contributed by atoms with van der Waals surface area (Å²) in [5.41, 5.74) is -0.183. The van der Waals surface area contributed by atoms with E-state index < -0.39 is 12.3 Å². The Hall–Kier alpha value is -0.490. The minimum absolute atomic E-state index is 0.0292. The van der Waals surface area contributed by atoms with Crippen LogP contribution in [0.3, 0.4) is 0 Å². The molecular weight excluding hydrogens is 292 g/mol. The maximum Gasteiger partial charge on any atom is 0.418 e. The second-order valence-corrected chi connectivity index (χ2v) is 4.72. The van der Waals surface area contributed by atoms with E-state index >= 15 is 0 Å². The van der Waals surface area contributed by atoms with Gasteiger partial charge in [-0.25, -0.2) is 0 Å². The molecule has 0 aliphatic carbocycles. The number of ether oxygens (including phenoxy) is 2. The molecule has 0 amide bonds. The molecule has 0 radical (unpaired) electrons. The van der Waals surface area contributed by atoms with Crippen molar-refractivity contribution in [3.63, 3.8) is 0 Å². The normalized spacial score (nSPS) is 20.8. The molecule has 2 rings (SSSR count). The van der Waals surface area contributed by atoms with E-state index in [4.69, 9.17) is 32.7 Å². The average molecular weight is 301 g/mol. The summed E-state index contributed by atoms with van der Waals surface area (Å²) < 4.78 is 48.4. The fraction of sp³-hybridized carbons (Fsp3) is 0.455. The van der Waals surface area contributed by atoms with Crippen LogP contribution in [-0.2, 0) is 9.47 Å². The number of hydrogen-bond donors (Lipinski definition) is 0. The summed E-state index contributed by atoms with van der Waals surface area (Å²) in [6.07, 6.45) is -6.90. The minimum Gasteiger partial charge on any atom is -0.371 e. The van der Waals surface area contributed by atoms with Crippen LogP contribution in [0.5, 0.6) is 0 Å². The third kappa shape index (κ3) is 3.51. The Balaban J connectivity index is 2.23. The number of halogens is 5. The molecule has 2 atom stereocenters. The van der Waals surface area contributed by atoms with Gasteiger partial charge in [0.2, 0.25) is 0 Å². The number of alkyl halides is 3. The average Bonchev–Trinajstić information content (AvgIpc) is 3.05. The zero-order valence-electron chi connectivity index (χ0n) is 9.01. The highest BCUT2D eigenvalue weighted by atomic mass is 35.5. The number of benzene rings is 1. The van der Waals surface area contributed by atoms with Gasteiger partial charge in [-0.3, -0.25) is 0 Å². The third-order valence-electron chi connectivity index (χ3n) is 2.39. The van der Waals surface area contributed by atoms with Crippen molar-refractivity contribution in [2.45, 2.75) is 18.4 Å². The lowest BCUT2D eigenvalue weighted by Gasteiger charge is -2.22. The van der Waals surface area contributed by atoms with Crippen molar-refractivity contribution in [2.75, 3.05) is 13.2 Å². The van der Waals surface area contributed by atoms with Crippen LogP contribution >= 0.6 is 23.2 Å². The zero-order chi connectivity index (χ0) is 13.3. The van der Waals surface area contributed by atoms with Crippen molar-refractivity contribution in [1.82, 2.24) is 0 Å². The van der Waals surface area contributed by atoms with Crippen molar-refractivity contribution in [3.05, 3.63) is 33.8 Å². The Kier molecular flexibility index (Phi) is 4.06. The first kappa shape index (κ1) is 13.9. The molecule has 0 bridgehead atoms. The fourth-order valence-electron chi connectivity index (χ4n) is 1.44. The van der Waals surface area contributed by atoms with Gasteiger partial charge >= 0.3 is 6.18 Å². The summed E-state index contributed by atoms with van der Waals surface area (Å²) in [5, 5.41) is 0.147. The van der Waals surface area contributed by atoms with Gasteiger partial charge in [0, 0.05) is 15.6 Å². The lowest BCUT2D eigenvalue weighted by Crippen LogP contribution is -2.25. The fourth-order valence-corrected chi connectivity index (χ4v) is 1.84. The van der Waals surface area contributed by atoms with Gasteiger partial charge in [0.25, 0.3) is 0 Å². The van der Waals surface area contributed by atoms with Gasteiger partial charge in [-0.2, -0.15) is 13.2 Å². The highest BCUT2D eigenvalue weighted by molar-refractivity contribution is 6.33. The van der Waals surface area contributed by atoms with E-state index in [9.17, 15) is 13.2 Å². The molecule has 0 spiro atoms. The van der Waals surface area contributed by atoms with Crippen molar-refractivity contribution in [1.29, 1.82) is 0 Å². The Morgan fingerprint density at radius 3 is 2.61 bits per heavy atom. The Bertz CT molecular complexity index is 433. The molecule has 1 aromatic carbocycles. The van der Waals surface area contributed by atoms with Crippen LogP contribution in [0, 0.1) is 0 Å². The molecule has 1 aromatic rings. The van der Waals surface area contributed by atoms with Gasteiger partial charge < -0.3 is 9.47 Å². The molecule has 1 fully saturated rings. The van der Waals surface area contributed by atoms with E-state index in [0.717, 1.165) is 6.07 Å². The highest BCUT2D eigenvalue weighted by Crippen LogP contribution is 2.40. The molecule has 2 unspecified atom stereocenters. The molecule has 1 aliphatic heterocycles. The largest absolute Gasteiger partial charge is 0.418 e. The van der Waals surface area contributed by atoms with Gasteiger partial charge in [-0.1, -0.05) is 23.2 Å². The molecule has 0 aromatic heterocycles. The molecule has 0 N–H and O–H groups in total. The molecule has 7 heteroatoms. The second kappa shape index (κ2) is 5.25. The number of hydrogen-bond acceptors (Lipinski definition) is 2. The van der Waals surface area contributed by atoms with Crippen LogP contribution in [0.2, 0.25) is 10.0 Å². The van der Waals surface area contributed by atoms with Crippen LogP contribution in [0.15, 0.2) is 18.2 Å². The lowest BCUT2D eigenvalue weighted by atomic mass is 10.1. The van der Waals surface area contributed by atoms with E-state index in [2.05, 4.69) is 0 Å². The van der Waals surface area contributed by atoms with Crippen molar-refractivity contribution < 1.29 is 22.6 Å². The van der Waals surface area contributed by atoms with Gasteiger partial charge in [-0.05, 0) is 18.2 Å². The highest BCUT2D eigenvalue weighted by Gasteiger charge is 2.44. The van der Waals surface area contributed by atoms with Crippen molar-refractivity contribution >= 4 is 23.2 Å². The summed E-state index contributed by atoms with van der Waals surface area (Å²) in [5.74, 6) is 0. The first-order valence-electron chi connectivity index (χ1n) is 5.13. The second-order valence-electron chi connectivity index (χ2n) is 3.88. The maximum absolute atomic E-state index is 12.9. The first-order chi connectivity index (χ1) is 8.38. The molecule has 18 heavy (non-hydrogen) atoms. The molecule has 1 saturated heterocycles. The molecule has 1 heterocycles. The van der Waals surface area contributed by atoms with Crippen LogP contribution in [0.1, 0.15) is 11.7 Å². The van der Waals surface area contributed by atoms with E-state index in [-0.39, 0.29) is 28.3 Å². The summed E-state index contributed by atoms with van der Waals surface area (Å²) in [6, 6.07) is 3.90. The lowest BCUT2D eigenvalue weighted by molar-refractivity contribution is -0.224. The van der Waals surface area contributed by atoms with Gasteiger partial charge in [0.05, 0.1) is 13.2 Å². The Morgan fingerprint density at radius 1 is 1.39 bits per heavy atom. The first-order valence-corrected chi connectivity index (χ1v) is 5.88. The minimum atomic E-state index is -4.55. The quantitative estimate of drug-likeness (QED) is 0.784. The number of epoxide rings is 1. The molecule has 0 saturated carbocycles. The molecule has 2 nitrogen and oxygen atoms in total. The topological polar surface area (TPSA) is 21.8 Å². The monoisotopic (exact) mass is 300 g/mol. The zero-order valence-corrected chi connectivity index (χ0v) is 10.5. The SMILES string of the molecule is FC(F)(F)C(OCC1CO1)c1cc(Cl)ccc1Cl. The maximum atomic E-state index is 12.9. The van der Waals surface area contributed by atoms with E-state index in [0.29, 0.717) is 6.61 Å². The molecule has 1 aliphatic rings.